The first-order chi connectivity index (χ1) is 11.5. The molecule has 0 amide bonds. The van der Waals surface area contributed by atoms with Crippen LogP contribution >= 0.6 is 0 Å². The van der Waals surface area contributed by atoms with Gasteiger partial charge < -0.3 is 5.11 Å². The highest BCUT2D eigenvalue weighted by Crippen LogP contribution is 2.24. The van der Waals surface area contributed by atoms with Crippen LogP contribution in [0.4, 0.5) is 0 Å². The average molecular weight is 353 g/mol. The van der Waals surface area contributed by atoms with Gasteiger partial charge in [0, 0.05) is 26.7 Å². The second-order valence-corrected chi connectivity index (χ2v) is 8.83. The Morgan fingerprint density at radius 2 is 1.79 bits per heavy atom. The number of aliphatic hydroxyl groups is 1. The molecule has 2 saturated heterocycles. The molecule has 0 bridgehead atoms. The standard InChI is InChI=1S/C17H27N3O3S/c1-18(12-15-8-4-2-5-9-15)24(22,23)20-13-16(17(21)14-20)19-10-6-3-7-11-19/h2,4-5,8-9,16-17,21H,3,6-7,10-14H2,1H3/t16-,17-/m0/s1. The summed E-state index contributed by atoms with van der Waals surface area (Å²) < 4.78 is 28.5. The van der Waals surface area contributed by atoms with Crippen molar-refractivity contribution in [3.05, 3.63) is 35.9 Å². The van der Waals surface area contributed by atoms with Crippen LogP contribution in [0.3, 0.4) is 0 Å². The molecule has 0 saturated carbocycles. The van der Waals surface area contributed by atoms with Crippen molar-refractivity contribution in [2.75, 3.05) is 33.2 Å². The number of rotatable bonds is 5. The third-order valence-electron chi connectivity index (χ3n) is 5.05. The summed E-state index contributed by atoms with van der Waals surface area (Å²) in [5.41, 5.74) is 0.955. The van der Waals surface area contributed by atoms with Crippen molar-refractivity contribution in [2.24, 2.45) is 0 Å². The van der Waals surface area contributed by atoms with Crippen LogP contribution in [0, 0.1) is 0 Å². The van der Waals surface area contributed by atoms with Crippen molar-refractivity contribution >= 4 is 10.2 Å². The zero-order chi connectivity index (χ0) is 17.2. The molecule has 134 valence electrons. The van der Waals surface area contributed by atoms with Gasteiger partial charge in [0.05, 0.1) is 12.1 Å². The summed E-state index contributed by atoms with van der Waals surface area (Å²) in [6.45, 7) is 2.81. The van der Waals surface area contributed by atoms with Gasteiger partial charge in [-0.25, -0.2) is 0 Å². The molecule has 0 radical (unpaired) electrons. The van der Waals surface area contributed by atoms with Crippen LogP contribution in [0.15, 0.2) is 30.3 Å². The Morgan fingerprint density at radius 3 is 2.46 bits per heavy atom. The highest BCUT2D eigenvalue weighted by Gasteiger charge is 2.42. The molecular formula is C17H27N3O3S. The Labute approximate surface area is 144 Å². The van der Waals surface area contributed by atoms with E-state index < -0.39 is 16.3 Å². The van der Waals surface area contributed by atoms with Crippen LogP contribution in [0.2, 0.25) is 0 Å². The van der Waals surface area contributed by atoms with E-state index >= 15 is 0 Å². The van der Waals surface area contributed by atoms with Gasteiger partial charge >= 0.3 is 0 Å². The summed E-state index contributed by atoms with van der Waals surface area (Å²) >= 11 is 0. The SMILES string of the molecule is CN(Cc1ccccc1)S(=O)(=O)N1C[C@H](O)[C@@H](N2CCCCC2)C1. The topological polar surface area (TPSA) is 64.1 Å². The Bertz CT molecular complexity index is 632. The number of benzene rings is 1. The molecule has 2 atom stereocenters. The Hall–Kier alpha value is -0.990. The van der Waals surface area contributed by atoms with Gasteiger partial charge in [-0.1, -0.05) is 36.8 Å². The lowest BCUT2D eigenvalue weighted by Gasteiger charge is -2.33. The smallest absolute Gasteiger partial charge is 0.282 e. The van der Waals surface area contributed by atoms with Gasteiger partial charge in [-0.2, -0.15) is 17.0 Å². The minimum absolute atomic E-state index is 0.0785. The van der Waals surface area contributed by atoms with Crippen LogP contribution in [-0.2, 0) is 16.8 Å². The molecule has 0 aromatic heterocycles. The molecule has 2 aliphatic heterocycles. The largest absolute Gasteiger partial charge is 0.390 e. The molecule has 1 N–H and O–H groups in total. The van der Waals surface area contributed by atoms with Gasteiger partial charge in [-0.15, -0.1) is 0 Å². The quantitative estimate of drug-likeness (QED) is 0.854. The van der Waals surface area contributed by atoms with Crippen LogP contribution in [0.1, 0.15) is 24.8 Å². The van der Waals surface area contributed by atoms with E-state index in [0.717, 1.165) is 31.5 Å². The van der Waals surface area contributed by atoms with Crippen LogP contribution < -0.4 is 0 Å². The molecule has 1 aromatic carbocycles. The van der Waals surface area contributed by atoms with E-state index in [1.54, 1.807) is 7.05 Å². The molecule has 0 aliphatic carbocycles. The molecule has 24 heavy (non-hydrogen) atoms. The number of likely N-dealkylation sites (tertiary alicyclic amines) is 1. The number of nitrogens with zero attached hydrogens (tertiary/aromatic N) is 3. The maximum atomic E-state index is 12.8. The van der Waals surface area contributed by atoms with Crippen molar-refractivity contribution in [2.45, 2.75) is 38.0 Å². The van der Waals surface area contributed by atoms with Crippen LogP contribution in [0.25, 0.3) is 0 Å². The lowest BCUT2D eigenvalue weighted by Crippen LogP contribution is -2.46. The molecule has 2 fully saturated rings. The maximum Gasteiger partial charge on any atom is 0.282 e. The first-order valence-electron chi connectivity index (χ1n) is 8.66. The van der Waals surface area contributed by atoms with Crippen molar-refractivity contribution in [1.82, 2.24) is 13.5 Å². The summed E-state index contributed by atoms with van der Waals surface area (Å²) in [6, 6.07) is 9.48. The molecule has 0 spiro atoms. The lowest BCUT2D eigenvalue weighted by atomic mass is 10.1. The van der Waals surface area contributed by atoms with E-state index in [-0.39, 0.29) is 12.6 Å². The highest BCUT2D eigenvalue weighted by atomic mass is 32.2. The lowest BCUT2D eigenvalue weighted by molar-refractivity contribution is 0.0706. The van der Waals surface area contributed by atoms with E-state index in [1.165, 1.54) is 15.0 Å². The number of hydrogen-bond donors (Lipinski definition) is 1. The molecule has 2 aliphatic rings. The van der Waals surface area contributed by atoms with E-state index in [4.69, 9.17) is 0 Å². The van der Waals surface area contributed by atoms with E-state index in [2.05, 4.69) is 4.90 Å². The molecule has 7 heteroatoms. The van der Waals surface area contributed by atoms with E-state index in [0.29, 0.717) is 13.1 Å². The highest BCUT2D eigenvalue weighted by molar-refractivity contribution is 7.86. The van der Waals surface area contributed by atoms with Crippen molar-refractivity contribution in [3.63, 3.8) is 0 Å². The first-order valence-corrected chi connectivity index (χ1v) is 10.1. The molecule has 0 unspecified atom stereocenters. The van der Waals surface area contributed by atoms with Crippen molar-refractivity contribution in [3.8, 4) is 0 Å². The van der Waals surface area contributed by atoms with Gasteiger partial charge in [0.1, 0.15) is 0 Å². The summed E-state index contributed by atoms with van der Waals surface area (Å²) in [5.74, 6) is 0. The van der Waals surface area contributed by atoms with Gasteiger partial charge in [-0.05, 0) is 31.5 Å². The van der Waals surface area contributed by atoms with Crippen LogP contribution in [0.5, 0.6) is 0 Å². The van der Waals surface area contributed by atoms with Gasteiger partial charge in [0.2, 0.25) is 0 Å². The van der Waals surface area contributed by atoms with Gasteiger partial charge in [0.15, 0.2) is 0 Å². The summed E-state index contributed by atoms with van der Waals surface area (Å²) in [4.78, 5) is 2.25. The fraction of sp³-hybridized carbons (Fsp3) is 0.647. The number of hydrogen-bond acceptors (Lipinski definition) is 4. The zero-order valence-electron chi connectivity index (χ0n) is 14.2. The average Bonchev–Trinajstić information content (AvgIpc) is 2.99. The predicted molar refractivity (Wildman–Crippen MR) is 93.6 cm³/mol. The normalized spacial score (nSPS) is 27.0. The zero-order valence-corrected chi connectivity index (χ0v) is 15.0. The molecular weight excluding hydrogens is 326 g/mol. The second kappa shape index (κ2) is 7.49. The van der Waals surface area contributed by atoms with E-state index in [1.807, 2.05) is 30.3 Å². The summed E-state index contributed by atoms with van der Waals surface area (Å²) in [7, 11) is -1.96. The Kier molecular flexibility index (Phi) is 5.56. The van der Waals surface area contributed by atoms with Gasteiger partial charge in [-0.3, -0.25) is 4.90 Å². The molecule has 6 nitrogen and oxygen atoms in total. The molecule has 3 rings (SSSR count). The predicted octanol–water partition coefficient (Wildman–Crippen LogP) is 0.894. The Morgan fingerprint density at radius 1 is 1.12 bits per heavy atom. The van der Waals surface area contributed by atoms with Crippen LogP contribution in [-0.4, -0.2) is 72.4 Å². The number of aliphatic hydroxyl groups excluding tert-OH is 1. The van der Waals surface area contributed by atoms with E-state index in [9.17, 15) is 13.5 Å². The molecule has 1 aromatic rings. The number of β-amino-alcohol motifs (C(OH)–C–C–N with tert-alkyl or cyclic N) is 1. The third-order valence-corrected chi connectivity index (χ3v) is 6.92. The number of piperidine rings is 1. The minimum atomic E-state index is -3.56. The monoisotopic (exact) mass is 353 g/mol. The van der Waals surface area contributed by atoms with Crippen molar-refractivity contribution in [1.29, 1.82) is 0 Å². The van der Waals surface area contributed by atoms with Gasteiger partial charge in [0.25, 0.3) is 10.2 Å². The summed E-state index contributed by atoms with van der Waals surface area (Å²) in [6.07, 6.45) is 2.87. The first kappa shape index (κ1) is 17.8. The minimum Gasteiger partial charge on any atom is -0.390 e. The maximum absolute atomic E-state index is 12.8. The fourth-order valence-electron chi connectivity index (χ4n) is 3.65. The Balaban J connectivity index is 1.66. The molecule has 2 heterocycles. The van der Waals surface area contributed by atoms with Crippen molar-refractivity contribution < 1.29 is 13.5 Å². The third kappa shape index (κ3) is 3.81. The fourth-order valence-corrected chi connectivity index (χ4v) is 5.04. The second-order valence-electron chi connectivity index (χ2n) is 6.80. The summed E-state index contributed by atoms with van der Waals surface area (Å²) in [5, 5.41) is 10.4.